The molecule has 148 valence electrons. The Bertz CT molecular complexity index is 870. The van der Waals surface area contributed by atoms with Gasteiger partial charge in [0.05, 0.1) is 10.6 Å². The van der Waals surface area contributed by atoms with E-state index in [2.05, 4.69) is 0 Å². The zero-order valence-corrected chi connectivity index (χ0v) is 15.5. The minimum atomic E-state index is -4.40. The van der Waals surface area contributed by atoms with Gasteiger partial charge in [0.25, 0.3) is 0 Å². The van der Waals surface area contributed by atoms with E-state index >= 15 is 0 Å². The van der Waals surface area contributed by atoms with Crippen LogP contribution >= 0.6 is 11.6 Å². The quantitative estimate of drug-likeness (QED) is 0.531. The van der Waals surface area contributed by atoms with E-state index < -0.39 is 17.6 Å². The van der Waals surface area contributed by atoms with E-state index in [1.165, 1.54) is 36.4 Å². The Morgan fingerprint density at radius 2 is 1.71 bits per heavy atom. The highest BCUT2D eigenvalue weighted by molar-refractivity contribution is 6.32. The summed E-state index contributed by atoms with van der Waals surface area (Å²) in [5.41, 5.74) is -0.0936. The number of piperazine rings is 1. The molecule has 0 aromatic heterocycles. The van der Waals surface area contributed by atoms with Gasteiger partial charge in [0.2, 0.25) is 5.91 Å². The molecule has 1 fully saturated rings. The number of hydrogen-bond donors (Lipinski definition) is 0. The Labute approximate surface area is 164 Å². The summed E-state index contributed by atoms with van der Waals surface area (Å²) in [5, 5.41) is 0.207. The number of nitrogens with zero attached hydrogens (tertiary/aromatic N) is 2. The highest BCUT2D eigenvalue weighted by Gasteiger charge is 2.31. The minimum Gasteiger partial charge on any atom is -0.368 e. The number of amides is 1. The van der Waals surface area contributed by atoms with Gasteiger partial charge in [-0.05, 0) is 36.4 Å². The molecule has 1 aliphatic heterocycles. The second-order valence-corrected chi connectivity index (χ2v) is 6.74. The van der Waals surface area contributed by atoms with Gasteiger partial charge in [-0.3, -0.25) is 4.79 Å². The van der Waals surface area contributed by atoms with Crippen molar-refractivity contribution in [3.05, 3.63) is 70.5 Å². The van der Waals surface area contributed by atoms with Gasteiger partial charge in [0.1, 0.15) is 5.82 Å². The van der Waals surface area contributed by atoms with Gasteiger partial charge in [-0.25, -0.2) is 4.39 Å². The predicted octanol–water partition coefficient (Wildman–Crippen LogP) is 4.86. The fourth-order valence-electron chi connectivity index (χ4n) is 2.99. The third kappa shape index (κ3) is 4.65. The van der Waals surface area contributed by atoms with Crippen molar-refractivity contribution in [3.63, 3.8) is 0 Å². The van der Waals surface area contributed by atoms with Gasteiger partial charge in [0, 0.05) is 43.5 Å². The van der Waals surface area contributed by atoms with Crippen molar-refractivity contribution in [2.45, 2.75) is 6.18 Å². The molecule has 1 heterocycles. The standard InChI is InChI=1S/C20H17ClF4N2O/c21-17-5-2-6-18(22)16(17)7-8-19(28)27-11-9-26(10-12-27)15-4-1-3-14(13-15)20(23,24)25/h1-8,13H,9-12H2. The molecule has 0 radical (unpaired) electrons. The summed E-state index contributed by atoms with van der Waals surface area (Å²) in [6, 6.07) is 9.39. The number of benzene rings is 2. The second-order valence-electron chi connectivity index (χ2n) is 6.33. The predicted molar refractivity (Wildman–Crippen MR) is 101 cm³/mol. The van der Waals surface area contributed by atoms with Crippen molar-refractivity contribution in [1.82, 2.24) is 4.90 Å². The van der Waals surface area contributed by atoms with E-state index in [4.69, 9.17) is 11.6 Å². The first kappa shape index (κ1) is 20.2. The van der Waals surface area contributed by atoms with E-state index in [0.29, 0.717) is 31.9 Å². The zero-order chi connectivity index (χ0) is 20.3. The monoisotopic (exact) mass is 412 g/mol. The fourth-order valence-corrected chi connectivity index (χ4v) is 3.22. The molecule has 0 atom stereocenters. The summed E-state index contributed by atoms with van der Waals surface area (Å²) in [7, 11) is 0. The molecule has 0 spiro atoms. The maximum Gasteiger partial charge on any atom is 0.416 e. The van der Waals surface area contributed by atoms with Crippen LogP contribution < -0.4 is 4.90 Å². The molecular weight excluding hydrogens is 396 g/mol. The number of halogens is 5. The fraction of sp³-hybridized carbons (Fsp3) is 0.250. The van der Waals surface area contributed by atoms with Crippen molar-refractivity contribution in [3.8, 4) is 0 Å². The van der Waals surface area contributed by atoms with Crippen molar-refractivity contribution >= 4 is 29.3 Å². The normalized spacial score (nSPS) is 15.3. The van der Waals surface area contributed by atoms with Gasteiger partial charge in [0.15, 0.2) is 0 Å². The SMILES string of the molecule is O=C(C=Cc1c(F)cccc1Cl)N1CCN(c2cccc(C(F)(F)F)c2)CC1. The number of carbonyl (C=O) groups excluding carboxylic acids is 1. The number of carbonyl (C=O) groups is 1. The lowest BCUT2D eigenvalue weighted by Crippen LogP contribution is -2.48. The molecule has 1 amide bonds. The molecule has 0 bridgehead atoms. The van der Waals surface area contributed by atoms with Crippen molar-refractivity contribution in [2.24, 2.45) is 0 Å². The van der Waals surface area contributed by atoms with Crippen LogP contribution in [0.15, 0.2) is 48.5 Å². The van der Waals surface area contributed by atoms with E-state index in [9.17, 15) is 22.4 Å². The first-order chi connectivity index (χ1) is 13.3. The maximum absolute atomic E-state index is 13.8. The van der Waals surface area contributed by atoms with Gasteiger partial charge >= 0.3 is 6.18 Å². The van der Waals surface area contributed by atoms with Crippen LogP contribution in [-0.4, -0.2) is 37.0 Å². The average molecular weight is 413 g/mol. The van der Waals surface area contributed by atoms with Crippen molar-refractivity contribution in [1.29, 1.82) is 0 Å². The Morgan fingerprint density at radius 1 is 1.04 bits per heavy atom. The molecule has 1 aliphatic rings. The Morgan fingerprint density at radius 3 is 2.36 bits per heavy atom. The molecule has 3 rings (SSSR count). The Hall–Kier alpha value is -2.54. The lowest BCUT2D eigenvalue weighted by atomic mass is 10.1. The number of hydrogen-bond acceptors (Lipinski definition) is 2. The van der Waals surface area contributed by atoms with Gasteiger partial charge in [-0.2, -0.15) is 13.2 Å². The summed E-state index contributed by atoms with van der Waals surface area (Å²) in [4.78, 5) is 15.7. The first-order valence-corrected chi connectivity index (χ1v) is 8.97. The smallest absolute Gasteiger partial charge is 0.368 e. The molecule has 0 saturated carbocycles. The average Bonchev–Trinajstić information content (AvgIpc) is 2.67. The summed E-state index contributed by atoms with van der Waals surface area (Å²) >= 11 is 5.93. The number of rotatable bonds is 3. The topological polar surface area (TPSA) is 23.6 Å². The molecule has 1 saturated heterocycles. The van der Waals surface area contributed by atoms with E-state index in [0.717, 1.165) is 12.1 Å². The number of anilines is 1. The van der Waals surface area contributed by atoms with Crippen molar-refractivity contribution < 1.29 is 22.4 Å². The van der Waals surface area contributed by atoms with Crippen LogP contribution in [-0.2, 0) is 11.0 Å². The van der Waals surface area contributed by atoms with Gasteiger partial charge in [-0.15, -0.1) is 0 Å². The largest absolute Gasteiger partial charge is 0.416 e. The third-order valence-electron chi connectivity index (χ3n) is 4.52. The van der Waals surface area contributed by atoms with Crippen LogP contribution in [0.4, 0.5) is 23.2 Å². The highest BCUT2D eigenvalue weighted by atomic mass is 35.5. The molecule has 2 aromatic carbocycles. The van der Waals surface area contributed by atoms with E-state index in [1.807, 2.05) is 0 Å². The first-order valence-electron chi connectivity index (χ1n) is 8.59. The van der Waals surface area contributed by atoms with Crippen LogP contribution in [0.1, 0.15) is 11.1 Å². The summed E-state index contributed by atoms with van der Waals surface area (Å²) in [5.74, 6) is -0.825. The maximum atomic E-state index is 13.8. The number of alkyl halides is 3. The molecule has 28 heavy (non-hydrogen) atoms. The van der Waals surface area contributed by atoms with E-state index in [1.54, 1.807) is 15.9 Å². The van der Waals surface area contributed by atoms with Gasteiger partial charge < -0.3 is 9.80 Å². The second kappa shape index (κ2) is 8.22. The van der Waals surface area contributed by atoms with Crippen molar-refractivity contribution in [2.75, 3.05) is 31.1 Å². The zero-order valence-electron chi connectivity index (χ0n) is 14.7. The third-order valence-corrected chi connectivity index (χ3v) is 4.85. The van der Waals surface area contributed by atoms with E-state index in [-0.39, 0.29) is 16.5 Å². The lowest BCUT2D eigenvalue weighted by molar-refractivity contribution is -0.137. The van der Waals surface area contributed by atoms with Crippen LogP contribution in [0.5, 0.6) is 0 Å². The molecule has 3 nitrogen and oxygen atoms in total. The Kier molecular flexibility index (Phi) is 5.93. The summed E-state index contributed by atoms with van der Waals surface area (Å²) < 4.78 is 52.4. The molecule has 8 heteroatoms. The summed E-state index contributed by atoms with van der Waals surface area (Å²) in [6.45, 7) is 1.51. The summed E-state index contributed by atoms with van der Waals surface area (Å²) in [6.07, 6.45) is -1.81. The molecule has 0 aliphatic carbocycles. The minimum absolute atomic E-state index is 0.139. The molecular formula is C20H17ClF4N2O. The van der Waals surface area contributed by atoms with Crippen LogP contribution in [0.3, 0.4) is 0 Å². The molecule has 0 N–H and O–H groups in total. The highest BCUT2D eigenvalue weighted by Crippen LogP contribution is 2.32. The molecule has 0 unspecified atom stereocenters. The van der Waals surface area contributed by atoms with Crippen LogP contribution in [0.25, 0.3) is 6.08 Å². The molecule has 2 aromatic rings. The Balaban J connectivity index is 1.62. The van der Waals surface area contributed by atoms with Gasteiger partial charge in [-0.1, -0.05) is 23.7 Å². The van der Waals surface area contributed by atoms with Crippen LogP contribution in [0.2, 0.25) is 5.02 Å². The lowest BCUT2D eigenvalue weighted by Gasteiger charge is -2.36. The van der Waals surface area contributed by atoms with Crippen LogP contribution in [0, 0.1) is 5.82 Å².